The van der Waals surface area contributed by atoms with E-state index >= 15 is 0 Å². The van der Waals surface area contributed by atoms with Gasteiger partial charge in [0.15, 0.2) is 6.29 Å². The Morgan fingerprint density at radius 3 is 2.26 bits per heavy atom. The molecule has 1 amide bonds. The highest BCUT2D eigenvalue weighted by molar-refractivity contribution is 7.99. The first-order chi connectivity index (χ1) is 14.9. The van der Waals surface area contributed by atoms with Gasteiger partial charge in [-0.1, -0.05) is 0 Å². The Bertz CT molecular complexity index is 528. The number of thioether (sulfide) groups is 1. The van der Waals surface area contributed by atoms with E-state index in [9.17, 15) is 15.0 Å². The third kappa shape index (κ3) is 8.72. The SMILES string of the molecule is CC(=O)N[C@H]1[C@H]2OC[C@](COCCOCCOCCOCCSC(C)O)(O2)[C@H](O)[C@@H]1O. The minimum Gasteiger partial charge on any atom is -0.388 e. The quantitative estimate of drug-likeness (QED) is 0.154. The molecule has 0 aromatic heterocycles. The number of amides is 1. The number of nitrogens with one attached hydrogen (secondary N) is 1. The van der Waals surface area contributed by atoms with Crippen LogP contribution >= 0.6 is 11.8 Å². The molecule has 182 valence electrons. The van der Waals surface area contributed by atoms with E-state index in [1.165, 1.54) is 18.7 Å². The van der Waals surface area contributed by atoms with Gasteiger partial charge >= 0.3 is 0 Å². The van der Waals surface area contributed by atoms with Gasteiger partial charge in [0.05, 0.1) is 64.9 Å². The van der Waals surface area contributed by atoms with Crippen LogP contribution in [0.25, 0.3) is 0 Å². The zero-order valence-electron chi connectivity index (χ0n) is 18.1. The van der Waals surface area contributed by atoms with Gasteiger partial charge in [0.25, 0.3) is 0 Å². The normalized spacial score (nSPS) is 31.0. The van der Waals surface area contributed by atoms with E-state index in [0.29, 0.717) is 39.6 Å². The highest BCUT2D eigenvalue weighted by Crippen LogP contribution is 2.37. The summed E-state index contributed by atoms with van der Waals surface area (Å²) in [6.07, 6.45) is -3.31. The Kier molecular flexibility index (Phi) is 12.0. The average Bonchev–Trinajstić information content (AvgIpc) is 3.12. The van der Waals surface area contributed by atoms with E-state index in [4.69, 9.17) is 33.5 Å². The van der Waals surface area contributed by atoms with Crippen molar-refractivity contribution < 1.29 is 48.5 Å². The average molecular weight is 470 g/mol. The van der Waals surface area contributed by atoms with Crippen LogP contribution in [0.15, 0.2) is 0 Å². The number of hydrogen-bond acceptors (Lipinski definition) is 11. The molecule has 1 unspecified atom stereocenters. The fourth-order valence-corrected chi connectivity index (χ4v) is 3.81. The summed E-state index contributed by atoms with van der Waals surface area (Å²) < 4.78 is 33.0. The van der Waals surface area contributed by atoms with Crippen LogP contribution in [0.3, 0.4) is 0 Å². The maximum atomic E-state index is 11.3. The molecule has 2 aliphatic rings. The molecule has 0 saturated carbocycles. The van der Waals surface area contributed by atoms with Crippen LogP contribution in [0.4, 0.5) is 0 Å². The van der Waals surface area contributed by atoms with Crippen molar-refractivity contribution in [2.45, 2.75) is 49.4 Å². The second kappa shape index (κ2) is 13.9. The lowest BCUT2D eigenvalue weighted by Crippen LogP contribution is -2.66. The van der Waals surface area contributed by atoms with E-state index in [1.54, 1.807) is 6.92 Å². The summed E-state index contributed by atoms with van der Waals surface area (Å²) in [5.41, 5.74) is -1.55. The maximum Gasteiger partial charge on any atom is 0.217 e. The number of rotatable bonds is 16. The summed E-state index contributed by atoms with van der Waals surface area (Å²) in [7, 11) is 0. The minimum absolute atomic E-state index is 0.0268. The number of aliphatic hydroxyl groups excluding tert-OH is 3. The van der Waals surface area contributed by atoms with Crippen molar-refractivity contribution in [2.75, 3.05) is 65.2 Å². The molecule has 4 N–H and O–H groups in total. The molecule has 6 atom stereocenters. The molecular weight excluding hydrogens is 434 g/mol. The molecule has 11 nitrogen and oxygen atoms in total. The molecular formula is C19H35NO10S. The lowest BCUT2D eigenvalue weighted by atomic mass is 9.88. The fraction of sp³-hybridized carbons (Fsp3) is 0.947. The molecule has 0 aromatic rings. The van der Waals surface area contributed by atoms with E-state index in [2.05, 4.69) is 5.32 Å². The zero-order valence-corrected chi connectivity index (χ0v) is 18.9. The first kappa shape index (κ1) is 26.7. The van der Waals surface area contributed by atoms with Gasteiger partial charge in [-0.15, -0.1) is 11.8 Å². The van der Waals surface area contributed by atoms with Crippen LogP contribution in [0, 0.1) is 0 Å². The van der Waals surface area contributed by atoms with Crippen molar-refractivity contribution in [3.05, 3.63) is 0 Å². The molecule has 2 rings (SSSR count). The Morgan fingerprint density at radius 2 is 1.68 bits per heavy atom. The molecule has 2 aliphatic heterocycles. The van der Waals surface area contributed by atoms with E-state index in [1.807, 2.05) is 0 Å². The van der Waals surface area contributed by atoms with Crippen molar-refractivity contribution in [1.82, 2.24) is 5.32 Å². The summed E-state index contributed by atoms with van der Waals surface area (Å²) >= 11 is 1.43. The second-order valence-corrected chi connectivity index (χ2v) is 8.81. The van der Waals surface area contributed by atoms with Crippen molar-refractivity contribution in [3.63, 3.8) is 0 Å². The van der Waals surface area contributed by atoms with Crippen molar-refractivity contribution in [1.29, 1.82) is 0 Å². The number of hydrogen-bond donors (Lipinski definition) is 4. The minimum atomic E-state index is -1.26. The van der Waals surface area contributed by atoms with Crippen LogP contribution in [-0.4, -0.2) is 122 Å². The third-order valence-electron chi connectivity index (χ3n) is 4.79. The first-order valence-electron chi connectivity index (χ1n) is 10.4. The van der Waals surface area contributed by atoms with E-state index in [0.717, 1.165) is 5.75 Å². The fourth-order valence-electron chi connectivity index (χ4n) is 3.25. The summed E-state index contributed by atoms with van der Waals surface area (Å²) in [4.78, 5) is 11.3. The van der Waals surface area contributed by atoms with Crippen LogP contribution in [0.1, 0.15) is 13.8 Å². The number of carbonyl (C=O) groups excluding carboxylic acids is 1. The Balaban J connectivity index is 1.48. The summed E-state index contributed by atoms with van der Waals surface area (Å²) in [5, 5.41) is 32.4. The Labute approximate surface area is 186 Å². The van der Waals surface area contributed by atoms with Crippen LogP contribution in [0.5, 0.6) is 0 Å². The van der Waals surface area contributed by atoms with Gasteiger partial charge in [0, 0.05) is 12.7 Å². The Morgan fingerprint density at radius 1 is 1.10 bits per heavy atom. The van der Waals surface area contributed by atoms with E-state index in [-0.39, 0.29) is 31.2 Å². The van der Waals surface area contributed by atoms with Gasteiger partial charge in [-0.3, -0.25) is 4.79 Å². The topological polar surface area (TPSA) is 145 Å². The highest BCUT2D eigenvalue weighted by Gasteiger charge is 2.59. The van der Waals surface area contributed by atoms with Gasteiger partial charge < -0.3 is 49.1 Å². The smallest absolute Gasteiger partial charge is 0.217 e. The van der Waals surface area contributed by atoms with Gasteiger partial charge in [-0.25, -0.2) is 0 Å². The predicted octanol–water partition coefficient (Wildman–Crippen LogP) is -1.52. The van der Waals surface area contributed by atoms with Crippen LogP contribution in [0.2, 0.25) is 0 Å². The molecule has 31 heavy (non-hydrogen) atoms. The molecule has 0 aliphatic carbocycles. The molecule has 0 aromatic carbocycles. The van der Waals surface area contributed by atoms with Crippen molar-refractivity contribution in [2.24, 2.45) is 0 Å². The van der Waals surface area contributed by atoms with Crippen molar-refractivity contribution in [3.8, 4) is 0 Å². The molecule has 12 heteroatoms. The molecule has 2 bridgehead atoms. The number of ether oxygens (including phenoxy) is 6. The zero-order chi connectivity index (χ0) is 22.7. The molecule has 0 spiro atoms. The standard InChI is InChI=1S/C19H35NO10S/c1-13(21)20-15-16(23)17(24)19(12-29-18(15)30-19)11-28-8-7-26-4-3-25-5-6-27-9-10-31-14(2)22/h14-18,22-24H,3-12H2,1-2H3,(H,20,21)/t14?,15-,16-,17-,18+,19+/m1/s1. The second-order valence-electron chi connectivity index (χ2n) is 7.38. The number of aliphatic hydroxyl groups is 3. The number of carbonyl (C=O) groups is 1. The van der Waals surface area contributed by atoms with Gasteiger partial charge in [-0.2, -0.15) is 0 Å². The van der Waals surface area contributed by atoms with Gasteiger partial charge in [0.2, 0.25) is 5.91 Å². The molecule has 2 heterocycles. The highest BCUT2D eigenvalue weighted by atomic mass is 32.2. The summed E-state index contributed by atoms with van der Waals surface area (Å²) in [5.74, 6) is 0.394. The lowest BCUT2D eigenvalue weighted by Gasteiger charge is -2.42. The summed E-state index contributed by atoms with van der Waals surface area (Å²) in [6.45, 7) is 6.12. The molecule has 0 radical (unpaired) electrons. The summed E-state index contributed by atoms with van der Waals surface area (Å²) in [6, 6.07) is -0.833. The monoisotopic (exact) mass is 469 g/mol. The number of fused-ring (bicyclic) bond motifs is 2. The van der Waals surface area contributed by atoms with E-state index < -0.39 is 30.1 Å². The van der Waals surface area contributed by atoms with Crippen molar-refractivity contribution >= 4 is 17.7 Å². The predicted molar refractivity (Wildman–Crippen MR) is 111 cm³/mol. The molecule has 2 saturated heterocycles. The Hall–Kier alpha value is -0.540. The third-order valence-corrected chi connectivity index (χ3v) is 5.67. The largest absolute Gasteiger partial charge is 0.388 e. The maximum absolute atomic E-state index is 11.3. The van der Waals surface area contributed by atoms with Crippen LogP contribution < -0.4 is 5.32 Å². The van der Waals surface area contributed by atoms with Gasteiger partial charge in [0.1, 0.15) is 23.9 Å². The lowest BCUT2D eigenvalue weighted by molar-refractivity contribution is -0.238. The first-order valence-corrected chi connectivity index (χ1v) is 11.4. The van der Waals surface area contributed by atoms with Gasteiger partial charge in [-0.05, 0) is 6.92 Å². The van der Waals surface area contributed by atoms with Crippen LogP contribution in [-0.2, 0) is 33.2 Å². The molecule has 2 fully saturated rings.